The fraction of sp³-hybridized carbons (Fsp3) is 0.250. The number of aromatic amines is 1. The minimum absolute atomic E-state index is 0.0145. The van der Waals surface area contributed by atoms with Crippen LogP contribution in [0.4, 0.5) is 11.8 Å². The van der Waals surface area contributed by atoms with Crippen LogP contribution in [0.15, 0.2) is 18.3 Å². The van der Waals surface area contributed by atoms with Crippen LogP contribution < -0.4 is 30.2 Å². The fourth-order valence-corrected chi connectivity index (χ4v) is 4.64. The molecule has 1 aliphatic rings. The highest BCUT2D eigenvalue weighted by Gasteiger charge is 2.38. The summed E-state index contributed by atoms with van der Waals surface area (Å²) in [5.74, 6) is 0.105. The topological polar surface area (TPSA) is 165 Å². The number of ether oxygens (including phenoxy) is 3. The van der Waals surface area contributed by atoms with Gasteiger partial charge >= 0.3 is 0 Å². The molecule has 200 valence electrons. The van der Waals surface area contributed by atoms with E-state index in [0.29, 0.717) is 22.6 Å². The van der Waals surface area contributed by atoms with Crippen LogP contribution in [-0.2, 0) is 11.3 Å². The van der Waals surface area contributed by atoms with Crippen LogP contribution in [0, 0.1) is 0 Å². The lowest BCUT2D eigenvalue weighted by Gasteiger charge is -2.21. The number of fused-ring (bicyclic) bond motifs is 1. The number of aliphatic hydroxyl groups is 1. The van der Waals surface area contributed by atoms with Crippen molar-refractivity contribution in [3.8, 4) is 17.2 Å². The number of carbonyl (C=O) groups is 2. The van der Waals surface area contributed by atoms with Gasteiger partial charge in [0, 0.05) is 24.0 Å². The van der Waals surface area contributed by atoms with Crippen molar-refractivity contribution in [3.63, 3.8) is 0 Å². The zero-order valence-corrected chi connectivity index (χ0v) is 22.1. The first-order valence-electron chi connectivity index (χ1n) is 11.2. The average molecular weight is 563 g/mol. The first-order chi connectivity index (χ1) is 18.2. The van der Waals surface area contributed by atoms with Gasteiger partial charge in [0.2, 0.25) is 11.7 Å². The summed E-state index contributed by atoms with van der Waals surface area (Å²) in [5, 5.41) is 11.7. The van der Waals surface area contributed by atoms with Crippen LogP contribution in [0.1, 0.15) is 27.2 Å². The third-order valence-corrected chi connectivity index (χ3v) is 6.25. The maximum atomic E-state index is 13.7. The van der Waals surface area contributed by atoms with Crippen LogP contribution in [0.25, 0.3) is 11.6 Å². The number of hydrogen-bond acceptors (Lipinski definition) is 9. The molecule has 3 heterocycles. The molecule has 14 heteroatoms. The number of rotatable bonds is 9. The van der Waals surface area contributed by atoms with E-state index in [0.717, 1.165) is 0 Å². The molecule has 0 unspecified atom stereocenters. The van der Waals surface area contributed by atoms with Crippen molar-refractivity contribution in [2.75, 3.05) is 45.1 Å². The molecule has 1 aliphatic heterocycles. The molecular formula is C24H24Cl2N6O6. The Labute approximate surface area is 227 Å². The summed E-state index contributed by atoms with van der Waals surface area (Å²) in [6, 6.07) is 3.16. The molecule has 0 fully saturated rings. The van der Waals surface area contributed by atoms with Gasteiger partial charge in [-0.1, -0.05) is 23.2 Å². The van der Waals surface area contributed by atoms with E-state index in [2.05, 4.69) is 20.3 Å². The molecule has 0 spiro atoms. The van der Waals surface area contributed by atoms with Crippen LogP contribution in [-0.4, -0.2) is 66.4 Å². The van der Waals surface area contributed by atoms with E-state index in [1.807, 2.05) is 0 Å². The maximum absolute atomic E-state index is 13.7. The Morgan fingerprint density at radius 3 is 2.53 bits per heavy atom. The van der Waals surface area contributed by atoms with Gasteiger partial charge in [-0.15, -0.1) is 0 Å². The zero-order valence-electron chi connectivity index (χ0n) is 20.6. The molecule has 0 radical (unpaired) electrons. The molecule has 4 rings (SSSR count). The number of aliphatic hydroxyl groups excluding tert-OH is 1. The van der Waals surface area contributed by atoms with Gasteiger partial charge < -0.3 is 35.4 Å². The number of nitrogen functional groups attached to an aromatic ring is 1. The summed E-state index contributed by atoms with van der Waals surface area (Å²) in [4.78, 5) is 38.5. The van der Waals surface area contributed by atoms with Crippen molar-refractivity contribution < 1.29 is 28.9 Å². The molecule has 2 aromatic heterocycles. The van der Waals surface area contributed by atoms with Crippen molar-refractivity contribution in [1.29, 1.82) is 0 Å². The highest BCUT2D eigenvalue weighted by Crippen LogP contribution is 2.47. The van der Waals surface area contributed by atoms with Crippen molar-refractivity contribution in [2.24, 2.45) is 0 Å². The second-order valence-electron chi connectivity index (χ2n) is 7.96. The Morgan fingerprint density at radius 2 is 1.87 bits per heavy atom. The molecule has 0 atom stereocenters. The quantitative estimate of drug-likeness (QED) is 0.226. The number of H-pyrrole nitrogens is 1. The monoisotopic (exact) mass is 562 g/mol. The third-order valence-electron chi connectivity index (χ3n) is 5.69. The molecule has 2 amide bonds. The first-order valence-corrected chi connectivity index (χ1v) is 11.9. The van der Waals surface area contributed by atoms with Crippen LogP contribution in [0.5, 0.6) is 17.2 Å². The molecule has 0 aliphatic carbocycles. The number of carbonyl (C=O) groups excluding carboxylic acids is 2. The van der Waals surface area contributed by atoms with Crippen LogP contribution in [0.2, 0.25) is 10.2 Å². The standard InChI is InChI=1S/C24H24Cl2N6O6/c1-36-17-12(7-15(25)18(37-2)19(17)38-3)10-32-21-16(20(26)30-24(27)31-21)14(23(32)35)8-13-6-11(9-29-13)22(34)28-4-5-33/h6-9,29,33H,4-5,10H2,1-3H3,(H,28,34)(H2,27,30,31). The molecule has 12 nitrogen and oxygen atoms in total. The number of halogens is 2. The molecule has 38 heavy (non-hydrogen) atoms. The molecule has 1 aromatic carbocycles. The molecule has 0 bridgehead atoms. The second kappa shape index (κ2) is 11.2. The summed E-state index contributed by atoms with van der Waals surface area (Å²) < 4.78 is 16.4. The van der Waals surface area contributed by atoms with Gasteiger partial charge in [0.25, 0.3) is 11.8 Å². The number of anilines is 2. The number of methoxy groups -OCH3 is 3. The van der Waals surface area contributed by atoms with E-state index >= 15 is 0 Å². The fourth-order valence-electron chi connectivity index (χ4n) is 4.08. The predicted octanol–water partition coefficient (Wildman–Crippen LogP) is 2.53. The summed E-state index contributed by atoms with van der Waals surface area (Å²) in [6.07, 6.45) is 3.02. The van der Waals surface area contributed by atoms with E-state index in [-0.39, 0.29) is 70.2 Å². The summed E-state index contributed by atoms with van der Waals surface area (Å²) in [7, 11) is 4.35. The number of amides is 2. The Bertz CT molecular complexity index is 1440. The summed E-state index contributed by atoms with van der Waals surface area (Å²) >= 11 is 12.8. The molecular weight excluding hydrogens is 539 g/mol. The highest BCUT2D eigenvalue weighted by molar-refractivity contribution is 6.41. The minimum atomic E-state index is -0.448. The Kier molecular flexibility index (Phi) is 7.95. The van der Waals surface area contributed by atoms with Gasteiger partial charge in [-0.2, -0.15) is 4.98 Å². The van der Waals surface area contributed by atoms with Gasteiger partial charge in [-0.3, -0.25) is 14.5 Å². The Balaban J connectivity index is 1.78. The minimum Gasteiger partial charge on any atom is -0.492 e. The number of hydrogen-bond donors (Lipinski definition) is 4. The second-order valence-corrected chi connectivity index (χ2v) is 8.73. The number of benzene rings is 1. The number of nitrogens with zero attached hydrogens (tertiary/aromatic N) is 3. The third kappa shape index (κ3) is 4.93. The normalized spacial score (nSPS) is 13.6. The van der Waals surface area contributed by atoms with E-state index in [1.54, 1.807) is 12.1 Å². The van der Waals surface area contributed by atoms with Gasteiger partial charge in [-0.25, -0.2) is 4.98 Å². The SMILES string of the molecule is COc1c(Cl)cc(CN2C(=O)C(=Cc3cc(C(=O)NCCO)c[nH]3)c3c(Cl)nc(N)nc32)c(OC)c1OC. The van der Waals surface area contributed by atoms with Crippen molar-refractivity contribution in [1.82, 2.24) is 20.3 Å². The highest BCUT2D eigenvalue weighted by atomic mass is 35.5. The van der Waals surface area contributed by atoms with Gasteiger partial charge in [-0.05, 0) is 18.2 Å². The zero-order chi connectivity index (χ0) is 27.6. The first kappa shape index (κ1) is 27.0. The lowest BCUT2D eigenvalue weighted by Crippen LogP contribution is -2.27. The summed E-state index contributed by atoms with van der Waals surface area (Å²) in [5.41, 5.74) is 7.59. The average Bonchev–Trinajstić information content (AvgIpc) is 3.46. The lowest BCUT2D eigenvalue weighted by molar-refractivity contribution is -0.113. The van der Waals surface area contributed by atoms with Crippen molar-refractivity contribution in [2.45, 2.75) is 6.54 Å². The maximum Gasteiger partial charge on any atom is 0.260 e. The largest absolute Gasteiger partial charge is 0.492 e. The Hall–Kier alpha value is -4.00. The van der Waals surface area contributed by atoms with E-state index in [9.17, 15) is 9.59 Å². The van der Waals surface area contributed by atoms with Crippen molar-refractivity contribution in [3.05, 3.63) is 50.9 Å². The van der Waals surface area contributed by atoms with Gasteiger partial charge in [0.05, 0.1) is 56.2 Å². The summed E-state index contributed by atoms with van der Waals surface area (Å²) in [6.45, 7) is -0.107. The van der Waals surface area contributed by atoms with Crippen LogP contribution in [0.3, 0.4) is 0 Å². The van der Waals surface area contributed by atoms with E-state index in [1.165, 1.54) is 38.5 Å². The van der Waals surface area contributed by atoms with Gasteiger partial charge in [0.15, 0.2) is 17.3 Å². The molecule has 0 saturated heterocycles. The van der Waals surface area contributed by atoms with Crippen LogP contribution >= 0.6 is 23.2 Å². The number of nitrogens with one attached hydrogen (secondary N) is 2. The smallest absolute Gasteiger partial charge is 0.260 e. The van der Waals surface area contributed by atoms with E-state index < -0.39 is 5.91 Å². The lowest BCUT2D eigenvalue weighted by atomic mass is 10.1. The van der Waals surface area contributed by atoms with Crippen molar-refractivity contribution >= 4 is 58.4 Å². The molecule has 3 aromatic rings. The Morgan fingerprint density at radius 1 is 1.16 bits per heavy atom. The molecule has 0 saturated carbocycles. The number of aromatic nitrogens is 3. The van der Waals surface area contributed by atoms with Gasteiger partial charge in [0.1, 0.15) is 5.15 Å². The number of nitrogens with two attached hydrogens (primary N) is 1. The predicted molar refractivity (Wildman–Crippen MR) is 142 cm³/mol. The molecule has 5 N–H and O–H groups in total. The van der Waals surface area contributed by atoms with E-state index in [4.69, 9.17) is 48.3 Å².